The van der Waals surface area contributed by atoms with Crippen molar-refractivity contribution in [2.24, 2.45) is 5.10 Å². The number of benzene rings is 2. The van der Waals surface area contributed by atoms with Crippen LogP contribution in [0.2, 0.25) is 0 Å². The first-order chi connectivity index (χ1) is 14.8. The van der Waals surface area contributed by atoms with E-state index in [9.17, 15) is 9.59 Å². The summed E-state index contributed by atoms with van der Waals surface area (Å²) in [6.07, 6.45) is 0.764. The summed E-state index contributed by atoms with van der Waals surface area (Å²) in [5, 5.41) is 8.31. The molecule has 7 nitrogen and oxygen atoms in total. The molecule has 8 heteroatoms. The van der Waals surface area contributed by atoms with E-state index in [0.29, 0.717) is 18.4 Å². The van der Waals surface area contributed by atoms with Crippen LogP contribution in [0.3, 0.4) is 0 Å². The van der Waals surface area contributed by atoms with Crippen LogP contribution in [0.1, 0.15) is 42.3 Å². The zero-order chi connectivity index (χ0) is 22.4. The maximum absolute atomic E-state index is 11.9. The third-order valence-electron chi connectivity index (χ3n) is 4.63. The number of hydrogen-bond donors (Lipinski definition) is 1. The largest absolute Gasteiger partial charge is 0.493 e. The Kier molecular flexibility index (Phi) is 7.57. The summed E-state index contributed by atoms with van der Waals surface area (Å²) in [5.41, 5.74) is 3.16. The van der Waals surface area contributed by atoms with E-state index in [4.69, 9.17) is 9.47 Å². The number of aryl methyl sites for hydroxylation is 2. The van der Waals surface area contributed by atoms with Gasteiger partial charge in [-0.25, -0.2) is 5.01 Å². The molecule has 31 heavy (non-hydrogen) atoms. The third-order valence-corrected chi connectivity index (χ3v) is 5.73. The van der Waals surface area contributed by atoms with E-state index < -0.39 is 0 Å². The number of hydrazone groups is 1. The quantitative estimate of drug-likeness (QED) is 0.653. The van der Waals surface area contributed by atoms with Crippen LogP contribution in [0, 0.1) is 13.8 Å². The topological polar surface area (TPSA) is 80.2 Å². The molecule has 0 aliphatic carbocycles. The van der Waals surface area contributed by atoms with Gasteiger partial charge in [0.25, 0.3) is 0 Å². The summed E-state index contributed by atoms with van der Waals surface area (Å²) in [6.45, 7) is 8.07. The van der Waals surface area contributed by atoms with Gasteiger partial charge in [-0.3, -0.25) is 9.59 Å². The van der Waals surface area contributed by atoms with E-state index in [1.54, 1.807) is 0 Å². The van der Waals surface area contributed by atoms with Gasteiger partial charge in [-0.2, -0.15) is 0 Å². The Balaban J connectivity index is 1.50. The highest BCUT2D eigenvalue weighted by Gasteiger charge is 2.32. The second kappa shape index (κ2) is 10.3. The lowest BCUT2D eigenvalue weighted by atomic mass is 10.1. The second-order valence-electron chi connectivity index (χ2n) is 7.26. The molecular weight excluding hydrogens is 414 g/mol. The van der Waals surface area contributed by atoms with Crippen LogP contribution in [-0.2, 0) is 9.59 Å². The van der Waals surface area contributed by atoms with E-state index in [1.807, 2.05) is 56.3 Å². The Morgan fingerprint density at radius 1 is 1.03 bits per heavy atom. The number of hydrogen-bond acceptors (Lipinski definition) is 6. The van der Waals surface area contributed by atoms with Crippen LogP contribution in [0.5, 0.6) is 11.5 Å². The molecular formula is C23H27N3O4S. The molecule has 0 saturated carbocycles. The fourth-order valence-electron chi connectivity index (χ4n) is 3.16. The lowest BCUT2D eigenvalue weighted by Crippen LogP contribution is -2.25. The molecule has 164 valence electrons. The van der Waals surface area contributed by atoms with Gasteiger partial charge in [0.1, 0.15) is 16.9 Å². The fourth-order valence-corrected chi connectivity index (χ4v) is 4.30. The number of amidine groups is 1. The highest BCUT2D eigenvalue weighted by atomic mass is 32.2. The molecule has 0 radical (unpaired) electrons. The zero-order valence-corrected chi connectivity index (χ0v) is 19.0. The van der Waals surface area contributed by atoms with Crippen molar-refractivity contribution < 1.29 is 19.1 Å². The number of thioether (sulfide) groups is 1. The Hall–Kier alpha value is -3.00. The molecule has 1 aliphatic heterocycles. The number of carbonyl (C=O) groups excluding carboxylic acids is 2. The molecule has 1 heterocycles. The average Bonchev–Trinajstić information content (AvgIpc) is 3.13. The van der Waals surface area contributed by atoms with Crippen LogP contribution >= 0.6 is 11.8 Å². The first kappa shape index (κ1) is 22.7. The maximum Gasteiger partial charge on any atom is 0.241 e. The Morgan fingerprint density at radius 2 is 1.68 bits per heavy atom. The van der Waals surface area contributed by atoms with Gasteiger partial charge in [0.05, 0.1) is 13.2 Å². The van der Waals surface area contributed by atoms with Gasteiger partial charge in [0.2, 0.25) is 11.8 Å². The Bertz CT molecular complexity index is 955. The highest BCUT2D eigenvalue weighted by Crippen LogP contribution is 2.39. The van der Waals surface area contributed by atoms with Gasteiger partial charge in [-0.15, -0.1) is 5.10 Å². The first-order valence-electron chi connectivity index (χ1n) is 10.1. The molecule has 2 amide bonds. The summed E-state index contributed by atoms with van der Waals surface area (Å²) in [6, 6.07) is 13.7. The number of ether oxygens (including phenoxy) is 2. The maximum atomic E-state index is 11.9. The summed E-state index contributed by atoms with van der Waals surface area (Å²) < 4.78 is 11.7. The average molecular weight is 442 g/mol. The van der Waals surface area contributed by atoms with E-state index >= 15 is 0 Å². The summed E-state index contributed by atoms with van der Waals surface area (Å²) in [7, 11) is 0. The number of para-hydroxylation sites is 1. The summed E-state index contributed by atoms with van der Waals surface area (Å²) in [4.78, 5) is 23.2. The molecule has 0 saturated heterocycles. The number of rotatable bonds is 7. The molecule has 2 aromatic rings. The first-order valence-corrected chi connectivity index (χ1v) is 11.0. The van der Waals surface area contributed by atoms with Crippen LogP contribution < -0.4 is 14.8 Å². The van der Waals surface area contributed by atoms with Crippen molar-refractivity contribution in [3.8, 4) is 11.5 Å². The van der Waals surface area contributed by atoms with Crippen LogP contribution in [0.4, 0.5) is 0 Å². The molecule has 3 rings (SSSR count). The summed E-state index contributed by atoms with van der Waals surface area (Å²) in [5.74, 6) is 1.27. The number of carbonyl (C=O) groups is 2. The van der Waals surface area contributed by atoms with Gasteiger partial charge in [0.15, 0.2) is 5.17 Å². The lowest BCUT2D eigenvalue weighted by molar-refractivity contribution is -0.129. The molecule has 0 unspecified atom stereocenters. The number of amides is 2. The van der Waals surface area contributed by atoms with Crippen molar-refractivity contribution in [1.82, 2.24) is 10.3 Å². The van der Waals surface area contributed by atoms with Gasteiger partial charge in [0, 0.05) is 20.3 Å². The molecule has 0 bridgehead atoms. The summed E-state index contributed by atoms with van der Waals surface area (Å²) >= 11 is 1.32. The van der Waals surface area contributed by atoms with Gasteiger partial charge >= 0.3 is 0 Å². The normalized spacial score (nSPS) is 15.4. The van der Waals surface area contributed by atoms with E-state index in [2.05, 4.69) is 10.4 Å². The molecule has 0 aromatic heterocycles. The van der Waals surface area contributed by atoms with E-state index in [0.717, 1.165) is 34.6 Å². The third kappa shape index (κ3) is 6.01. The Morgan fingerprint density at radius 3 is 2.29 bits per heavy atom. The minimum atomic E-state index is -0.320. The van der Waals surface area contributed by atoms with E-state index in [1.165, 1.54) is 30.6 Å². The predicted octanol–water partition coefficient (Wildman–Crippen LogP) is 4.15. The van der Waals surface area contributed by atoms with Crippen LogP contribution in [-0.4, -0.2) is 35.2 Å². The zero-order valence-electron chi connectivity index (χ0n) is 18.2. The molecule has 1 N–H and O–H groups in total. The van der Waals surface area contributed by atoms with Crippen molar-refractivity contribution in [2.45, 2.75) is 39.5 Å². The van der Waals surface area contributed by atoms with Crippen LogP contribution in [0.15, 0.2) is 47.6 Å². The van der Waals surface area contributed by atoms with Crippen molar-refractivity contribution in [1.29, 1.82) is 0 Å². The molecule has 0 spiro atoms. The van der Waals surface area contributed by atoms with E-state index in [-0.39, 0.29) is 17.2 Å². The van der Waals surface area contributed by atoms with Crippen LogP contribution in [0.25, 0.3) is 0 Å². The monoisotopic (exact) mass is 441 g/mol. The Labute approximate surface area is 186 Å². The van der Waals surface area contributed by atoms with Gasteiger partial charge < -0.3 is 14.8 Å². The molecule has 1 aliphatic rings. The fraction of sp³-hybridized carbons (Fsp3) is 0.348. The minimum Gasteiger partial charge on any atom is -0.493 e. The highest BCUT2D eigenvalue weighted by molar-refractivity contribution is 8.14. The molecule has 2 aromatic carbocycles. The number of nitrogens with zero attached hydrogens (tertiary/aromatic N) is 2. The SMILES string of the molecule is CC(=O)NC1=NN(C(C)=O)[C@H](c2ccc(OCCCOc3c(C)cccc3C)cc2)S1. The van der Waals surface area contributed by atoms with Crippen molar-refractivity contribution >= 4 is 28.7 Å². The predicted molar refractivity (Wildman–Crippen MR) is 122 cm³/mol. The molecule has 0 fully saturated rings. The van der Waals surface area contributed by atoms with Crippen molar-refractivity contribution in [3.63, 3.8) is 0 Å². The van der Waals surface area contributed by atoms with Gasteiger partial charge in [-0.1, -0.05) is 42.1 Å². The second-order valence-corrected chi connectivity index (χ2v) is 8.33. The number of nitrogens with one attached hydrogen (secondary N) is 1. The smallest absolute Gasteiger partial charge is 0.241 e. The van der Waals surface area contributed by atoms with Crippen molar-refractivity contribution in [3.05, 3.63) is 59.2 Å². The lowest BCUT2D eigenvalue weighted by Gasteiger charge is -2.19. The van der Waals surface area contributed by atoms with Gasteiger partial charge in [-0.05, 0) is 42.7 Å². The standard InChI is InChI=1S/C23H27N3O4S/c1-15-7-5-8-16(2)21(15)30-14-6-13-29-20-11-9-19(10-12-20)22-26(18(4)28)25-23(31-22)24-17(3)27/h5,7-12,22H,6,13-14H2,1-4H3,(H,24,25,27)/t22-/m0/s1. The van der Waals surface area contributed by atoms with Crippen molar-refractivity contribution in [2.75, 3.05) is 13.2 Å². The minimum absolute atomic E-state index is 0.193. The molecule has 1 atom stereocenters.